The molecule has 30 heavy (non-hydrogen) atoms. The number of hydrogen-bond donors (Lipinski definition) is 0. The number of ether oxygens (including phenoxy) is 3. The smallest absolute Gasteiger partial charge is 0.344 e. The second kappa shape index (κ2) is 10.0. The van der Waals surface area contributed by atoms with Crippen LogP contribution in [0.25, 0.3) is 0 Å². The van der Waals surface area contributed by atoms with Gasteiger partial charge in [-0.2, -0.15) is 0 Å². The molecule has 1 aliphatic heterocycles. The Balaban J connectivity index is 1.43. The van der Waals surface area contributed by atoms with E-state index in [0.29, 0.717) is 30.0 Å². The first-order valence-electron chi connectivity index (χ1n) is 9.84. The fourth-order valence-corrected chi connectivity index (χ4v) is 3.26. The first-order chi connectivity index (χ1) is 14.4. The first kappa shape index (κ1) is 21.5. The maximum absolute atomic E-state index is 12.4. The molecule has 158 valence electrons. The van der Waals surface area contributed by atoms with Crippen LogP contribution in [0.1, 0.15) is 29.8 Å². The van der Waals surface area contributed by atoms with Crippen molar-refractivity contribution in [2.75, 3.05) is 26.3 Å². The van der Waals surface area contributed by atoms with Gasteiger partial charge in [-0.05, 0) is 38.1 Å². The summed E-state index contributed by atoms with van der Waals surface area (Å²) in [5.41, 5.74) is 1.12. The number of hydrogen-bond acceptors (Lipinski definition) is 6. The van der Waals surface area contributed by atoms with E-state index in [2.05, 4.69) is 0 Å². The van der Waals surface area contributed by atoms with Crippen molar-refractivity contribution >= 4 is 17.7 Å². The predicted octanol–water partition coefficient (Wildman–Crippen LogP) is 2.48. The molecular weight excluding hydrogens is 386 g/mol. The van der Waals surface area contributed by atoms with E-state index in [1.807, 2.05) is 19.9 Å². The van der Waals surface area contributed by atoms with Crippen molar-refractivity contribution in [2.45, 2.75) is 26.1 Å². The molecule has 7 nitrogen and oxygen atoms in total. The summed E-state index contributed by atoms with van der Waals surface area (Å²) in [6.07, 6.45) is -0.0954. The molecule has 0 bridgehead atoms. The van der Waals surface area contributed by atoms with Gasteiger partial charge in [0.15, 0.2) is 19.0 Å². The van der Waals surface area contributed by atoms with Crippen molar-refractivity contribution < 1.29 is 28.6 Å². The van der Waals surface area contributed by atoms with Crippen LogP contribution in [-0.2, 0) is 19.1 Å². The van der Waals surface area contributed by atoms with E-state index in [-0.39, 0.29) is 37.1 Å². The predicted molar refractivity (Wildman–Crippen MR) is 109 cm³/mol. The van der Waals surface area contributed by atoms with Gasteiger partial charge in [0.05, 0.1) is 12.2 Å². The van der Waals surface area contributed by atoms with Crippen LogP contribution in [0.15, 0.2) is 54.6 Å². The summed E-state index contributed by atoms with van der Waals surface area (Å²) in [6, 6.07) is 15.5. The van der Waals surface area contributed by atoms with Crippen molar-refractivity contribution in [1.82, 2.24) is 4.90 Å². The molecule has 0 aliphatic carbocycles. The highest BCUT2D eigenvalue weighted by molar-refractivity contribution is 6.08. The molecule has 1 fully saturated rings. The Hall–Kier alpha value is -3.19. The third-order valence-electron chi connectivity index (χ3n) is 4.64. The normalized spacial score (nSPS) is 18.5. The zero-order chi connectivity index (χ0) is 21.5. The molecule has 0 N–H and O–H groups in total. The van der Waals surface area contributed by atoms with E-state index in [9.17, 15) is 14.4 Å². The fourth-order valence-electron chi connectivity index (χ4n) is 3.26. The SMILES string of the molecule is C[C@H]1CN(C(=O)COC(=O)COc2ccc(C(=O)c3ccccc3)cc2)C[C@H](C)O1. The summed E-state index contributed by atoms with van der Waals surface area (Å²) in [7, 11) is 0. The zero-order valence-electron chi connectivity index (χ0n) is 17.1. The Labute approximate surface area is 175 Å². The molecule has 2 aromatic carbocycles. The van der Waals surface area contributed by atoms with Crippen molar-refractivity contribution in [1.29, 1.82) is 0 Å². The van der Waals surface area contributed by atoms with E-state index >= 15 is 0 Å². The quantitative estimate of drug-likeness (QED) is 0.514. The van der Waals surface area contributed by atoms with Gasteiger partial charge in [0.2, 0.25) is 0 Å². The van der Waals surface area contributed by atoms with Crippen LogP contribution in [0.5, 0.6) is 5.75 Å². The maximum Gasteiger partial charge on any atom is 0.344 e. The molecule has 2 atom stereocenters. The minimum atomic E-state index is -0.637. The van der Waals surface area contributed by atoms with Gasteiger partial charge in [0.1, 0.15) is 5.75 Å². The van der Waals surface area contributed by atoms with Gasteiger partial charge in [-0.1, -0.05) is 30.3 Å². The van der Waals surface area contributed by atoms with Crippen LogP contribution in [0, 0.1) is 0 Å². The minimum Gasteiger partial charge on any atom is -0.482 e. The number of benzene rings is 2. The Morgan fingerprint density at radius 3 is 2.13 bits per heavy atom. The Morgan fingerprint density at radius 1 is 0.900 bits per heavy atom. The third kappa shape index (κ3) is 5.90. The van der Waals surface area contributed by atoms with Crippen LogP contribution in [0.4, 0.5) is 0 Å². The summed E-state index contributed by atoms with van der Waals surface area (Å²) in [5, 5.41) is 0. The van der Waals surface area contributed by atoms with Crippen LogP contribution in [0.3, 0.4) is 0 Å². The number of carbonyl (C=O) groups is 3. The zero-order valence-corrected chi connectivity index (χ0v) is 17.1. The second-order valence-corrected chi connectivity index (χ2v) is 7.22. The molecule has 0 spiro atoms. The summed E-state index contributed by atoms with van der Waals surface area (Å²) in [6.45, 7) is 4.10. The number of rotatable bonds is 7. The highest BCUT2D eigenvalue weighted by Crippen LogP contribution is 2.16. The van der Waals surface area contributed by atoms with E-state index in [4.69, 9.17) is 14.2 Å². The number of amides is 1. The Bertz CT molecular complexity index is 870. The molecule has 1 saturated heterocycles. The Kier molecular flexibility index (Phi) is 7.19. The monoisotopic (exact) mass is 411 g/mol. The standard InChI is InChI=1S/C23H25NO6/c1-16-12-24(13-17(2)30-16)21(25)14-29-22(26)15-28-20-10-8-19(9-11-20)23(27)18-6-4-3-5-7-18/h3-11,16-17H,12-15H2,1-2H3/t16-,17-/m0/s1. The molecular formula is C23H25NO6. The van der Waals surface area contributed by atoms with Gasteiger partial charge in [0, 0.05) is 24.2 Å². The lowest BCUT2D eigenvalue weighted by molar-refractivity contribution is -0.158. The molecule has 0 radical (unpaired) electrons. The number of morpholine rings is 1. The Morgan fingerprint density at radius 2 is 1.50 bits per heavy atom. The lowest BCUT2D eigenvalue weighted by Gasteiger charge is -2.35. The molecule has 2 aromatic rings. The lowest BCUT2D eigenvalue weighted by Crippen LogP contribution is -2.49. The van der Waals surface area contributed by atoms with E-state index < -0.39 is 5.97 Å². The highest BCUT2D eigenvalue weighted by atomic mass is 16.6. The number of ketones is 1. The number of esters is 1. The topological polar surface area (TPSA) is 82.1 Å². The molecule has 1 aliphatic rings. The number of carbonyl (C=O) groups excluding carboxylic acids is 3. The summed E-state index contributed by atoms with van der Waals surface area (Å²) in [5.74, 6) is -0.554. The largest absolute Gasteiger partial charge is 0.482 e. The lowest BCUT2D eigenvalue weighted by atomic mass is 10.0. The second-order valence-electron chi connectivity index (χ2n) is 7.22. The van der Waals surface area contributed by atoms with Gasteiger partial charge in [0.25, 0.3) is 5.91 Å². The van der Waals surface area contributed by atoms with E-state index in [1.54, 1.807) is 53.4 Å². The molecule has 1 amide bonds. The molecule has 1 heterocycles. The van der Waals surface area contributed by atoms with Gasteiger partial charge < -0.3 is 19.1 Å². The third-order valence-corrected chi connectivity index (χ3v) is 4.64. The van der Waals surface area contributed by atoms with Crippen molar-refractivity contribution in [2.24, 2.45) is 0 Å². The average Bonchev–Trinajstić information content (AvgIpc) is 2.75. The van der Waals surface area contributed by atoms with Gasteiger partial charge in [-0.3, -0.25) is 9.59 Å². The van der Waals surface area contributed by atoms with Crippen LogP contribution in [0.2, 0.25) is 0 Å². The maximum atomic E-state index is 12.4. The summed E-state index contributed by atoms with van der Waals surface area (Å²) >= 11 is 0. The van der Waals surface area contributed by atoms with Crippen LogP contribution >= 0.6 is 0 Å². The van der Waals surface area contributed by atoms with Gasteiger partial charge in [-0.25, -0.2) is 4.79 Å². The van der Waals surface area contributed by atoms with Crippen LogP contribution < -0.4 is 4.74 Å². The minimum absolute atomic E-state index is 0.0477. The summed E-state index contributed by atoms with van der Waals surface area (Å²) in [4.78, 5) is 38.1. The number of nitrogens with zero attached hydrogens (tertiary/aromatic N) is 1. The van der Waals surface area contributed by atoms with E-state index in [1.165, 1.54) is 0 Å². The van der Waals surface area contributed by atoms with Crippen molar-refractivity contribution in [3.8, 4) is 5.75 Å². The molecule has 0 unspecified atom stereocenters. The van der Waals surface area contributed by atoms with Gasteiger partial charge >= 0.3 is 5.97 Å². The van der Waals surface area contributed by atoms with Crippen LogP contribution in [-0.4, -0.2) is 61.1 Å². The average molecular weight is 411 g/mol. The molecule has 7 heteroatoms. The van der Waals surface area contributed by atoms with E-state index in [0.717, 1.165) is 0 Å². The van der Waals surface area contributed by atoms with Crippen molar-refractivity contribution in [3.05, 3.63) is 65.7 Å². The molecule has 0 aromatic heterocycles. The molecule has 0 saturated carbocycles. The highest BCUT2D eigenvalue weighted by Gasteiger charge is 2.26. The summed E-state index contributed by atoms with van der Waals surface area (Å²) < 4.78 is 16.0. The fraction of sp³-hybridized carbons (Fsp3) is 0.348. The van der Waals surface area contributed by atoms with Gasteiger partial charge in [-0.15, -0.1) is 0 Å². The van der Waals surface area contributed by atoms with Crippen molar-refractivity contribution in [3.63, 3.8) is 0 Å². The first-order valence-corrected chi connectivity index (χ1v) is 9.84. The molecule has 3 rings (SSSR count).